The van der Waals surface area contributed by atoms with Gasteiger partial charge in [0.2, 0.25) is 11.8 Å². The second kappa shape index (κ2) is 9.09. The summed E-state index contributed by atoms with van der Waals surface area (Å²) in [5.41, 5.74) is 1.71. The fraction of sp³-hybridized carbons (Fsp3) is 0.318. The highest BCUT2D eigenvalue weighted by molar-refractivity contribution is 6.33. The maximum absolute atomic E-state index is 12.1. The Balaban J connectivity index is 1.21. The predicted octanol–water partition coefficient (Wildman–Crippen LogP) is 4.43. The van der Waals surface area contributed by atoms with Gasteiger partial charge in [-0.15, -0.1) is 0 Å². The molecule has 6 nitrogen and oxygen atoms in total. The molecule has 7 heteroatoms. The molecule has 0 saturated heterocycles. The Hall–Kier alpha value is -2.86. The van der Waals surface area contributed by atoms with Crippen molar-refractivity contribution in [2.75, 3.05) is 6.61 Å². The standard InChI is InChI=1S/C22H22ClN3O3/c23-18-4-2-1-3-17(18)19-13-26-22(29-19)10-8-20(27)24-11-16-7-9-21(25-12-16)28-14-15-5-6-15/h1-4,7,9,12-13,15H,5-6,8,10-11,14H2,(H,24,27). The van der Waals surface area contributed by atoms with Gasteiger partial charge in [-0.25, -0.2) is 9.97 Å². The Morgan fingerprint density at radius 2 is 2.03 bits per heavy atom. The molecule has 1 aliphatic carbocycles. The summed E-state index contributed by atoms with van der Waals surface area (Å²) in [6.45, 7) is 1.16. The number of hydrogen-bond acceptors (Lipinski definition) is 5. The Morgan fingerprint density at radius 1 is 1.17 bits per heavy atom. The van der Waals surface area contributed by atoms with E-state index >= 15 is 0 Å². The summed E-state index contributed by atoms with van der Waals surface area (Å²) < 4.78 is 11.3. The fourth-order valence-electron chi connectivity index (χ4n) is 2.81. The van der Waals surface area contributed by atoms with Gasteiger partial charge in [0.1, 0.15) is 0 Å². The van der Waals surface area contributed by atoms with Crippen molar-refractivity contribution < 1.29 is 13.9 Å². The van der Waals surface area contributed by atoms with E-state index in [2.05, 4.69) is 15.3 Å². The van der Waals surface area contributed by atoms with Crippen molar-refractivity contribution in [3.8, 4) is 17.2 Å². The molecule has 2 heterocycles. The maximum atomic E-state index is 12.1. The van der Waals surface area contributed by atoms with E-state index in [0.29, 0.717) is 47.9 Å². The quantitative estimate of drug-likeness (QED) is 0.563. The number of hydrogen-bond donors (Lipinski definition) is 1. The van der Waals surface area contributed by atoms with Gasteiger partial charge < -0.3 is 14.5 Å². The first-order chi connectivity index (χ1) is 14.2. The van der Waals surface area contributed by atoms with Gasteiger partial charge in [0.05, 0.1) is 17.8 Å². The van der Waals surface area contributed by atoms with Crippen LogP contribution in [0.5, 0.6) is 5.88 Å². The molecule has 1 fully saturated rings. The van der Waals surface area contributed by atoms with Gasteiger partial charge in [0.25, 0.3) is 0 Å². The van der Waals surface area contributed by atoms with Crippen LogP contribution in [-0.2, 0) is 17.8 Å². The van der Waals surface area contributed by atoms with Gasteiger partial charge in [0.15, 0.2) is 11.7 Å². The van der Waals surface area contributed by atoms with E-state index < -0.39 is 0 Å². The fourth-order valence-corrected chi connectivity index (χ4v) is 3.04. The van der Waals surface area contributed by atoms with E-state index in [1.54, 1.807) is 18.5 Å². The van der Waals surface area contributed by atoms with E-state index in [4.69, 9.17) is 20.8 Å². The lowest BCUT2D eigenvalue weighted by Gasteiger charge is -2.07. The van der Waals surface area contributed by atoms with Crippen molar-refractivity contribution in [3.05, 3.63) is 65.3 Å². The largest absolute Gasteiger partial charge is 0.477 e. The third kappa shape index (κ3) is 5.57. The summed E-state index contributed by atoms with van der Waals surface area (Å²) in [7, 11) is 0. The van der Waals surface area contributed by atoms with Crippen LogP contribution in [0.1, 0.15) is 30.7 Å². The Labute approximate surface area is 174 Å². The number of oxazole rings is 1. The molecule has 150 valence electrons. The molecule has 4 rings (SSSR count). The van der Waals surface area contributed by atoms with Crippen molar-refractivity contribution in [2.45, 2.75) is 32.2 Å². The van der Waals surface area contributed by atoms with Crippen molar-refractivity contribution >= 4 is 17.5 Å². The van der Waals surface area contributed by atoms with E-state index in [1.807, 2.05) is 30.3 Å². The molecule has 3 aromatic rings. The lowest BCUT2D eigenvalue weighted by Crippen LogP contribution is -2.23. The van der Waals surface area contributed by atoms with Crippen molar-refractivity contribution in [1.29, 1.82) is 0 Å². The summed E-state index contributed by atoms with van der Waals surface area (Å²) in [5, 5.41) is 3.49. The second-order valence-corrected chi connectivity index (χ2v) is 7.54. The van der Waals surface area contributed by atoms with Crippen LogP contribution in [0.4, 0.5) is 0 Å². The molecule has 1 saturated carbocycles. The number of carbonyl (C=O) groups excluding carboxylic acids is 1. The summed E-state index contributed by atoms with van der Waals surface area (Å²) in [6.07, 6.45) is 6.57. The minimum atomic E-state index is -0.0726. The minimum Gasteiger partial charge on any atom is -0.477 e. The monoisotopic (exact) mass is 411 g/mol. The van der Waals surface area contributed by atoms with Gasteiger partial charge >= 0.3 is 0 Å². The molecule has 0 spiro atoms. The van der Waals surface area contributed by atoms with Gasteiger partial charge in [-0.05, 0) is 36.5 Å². The van der Waals surface area contributed by atoms with Crippen LogP contribution in [0, 0.1) is 5.92 Å². The Morgan fingerprint density at radius 3 is 2.79 bits per heavy atom. The number of nitrogens with one attached hydrogen (secondary N) is 1. The molecule has 0 aliphatic heterocycles. The first kappa shape index (κ1) is 19.5. The molecule has 1 N–H and O–H groups in total. The Bertz CT molecular complexity index is 967. The molecular weight excluding hydrogens is 390 g/mol. The summed E-state index contributed by atoms with van der Waals surface area (Å²) in [6, 6.07) is 11.2. The molecular formula is C22H22ClN3O3. The van der Waals surface area contributed by atoms with Crippen molar-refractivity contribution in [1.82, 2.24) is 15.3 Å². The van der Waals surface area contributed by atoms with Gasteiger partial charge in [-0.3, -0.25) is 4.79 Å². The van der Waals surface area contributed by atoms with Crippen molar-refractivity contribution in [2.24, 2.45) is 5.92 Å². The topological polar surface area (TPSA) is 77.2 Å². The summed E-state index contributed by atoms with van der Waals surface area (Å²) in [4.78, 5) is 20.6. The number of pyridine rings is 1. The third-order valence-corrected chi connectivity index (χ3v) is 5.04. The van der Waals surface area contributed by atoms with Crippen LogP contribution in [0.2, 0.25) is 5.02 Å². The molecule has 1 amide bonds. The predicted molar refractivity (Wildman–Crippen MR) is 110 cm³/mol. The van der Waals surface area contributed by atoms with Gasteiger partial charge in [-0.2, -0.15) is 0 Å². The van der Waals surface area contributed by atoms with E-state index in [9.17, 15) is 4.79 Å². The number of aryl methyl sites for hydroxylation is 1. The highest BCUT2D eigenvalue weighted by Gasteiger charge is 2.22. The number of carbonyl (C=O) groups is 1. The van der Waals surface area contributed by atoms with Crippen LogP contribution in [0.3, 0.4) is 0 Å². The molecule has 0 radical (unpaired) electrons. The smallest absolute Gasteiger partial charge is 0.220 e. The van der Waals surface area contributed by atoms with Gasteiger partial charge in [-0.1, -0.05) is 29.8 Å². The highest BCUT2D eigenvalue weighted by atomic mass is 35.5. The molecule has 29 heavy (non-hydrogen) atoms. The lowest BCUT2D eigenvalue weighted by atomic mass is 10.2. The van der Waals surface area contributed by atoms with Crippen LogP contribution in [-0.4, -0.2) is 22.5 Å². The number of nitrogens with zero attached hydrogens (tertiary/aromatic N) is 2. The summed E-state index contributed by atoms with van der Waals surface area (Å²) >= 11 is 6.17. The highest BCUT2D eigenvalue weighted by Crippen LogP contribution is 2.29. The van der Waals surface area contributed by atoms with E-state index in [0.717, 1.165) is 17.7 Å². The molecule has 1 aromatic carbocycles. The normalized spacial score (nSPS) is 13.3. The van der Waals surface area contributed by atoms with Crippen molar-refractivity contribution in [3.63, 3.8) is 0 Å². The zero-order valence-corrected chi connectivity index (χ0v) is 16.7. The Kier molecular flexibility index (Phi) is 6.10. The number of aromatic nitrogens is 2. The SMILES string of the molecule is O=C(CCc1ncc(-c2ccccc2Cl)o1)NCc1ccc(OCC2CC2)nc1. The average Bonchev–Trinajstić information content (AvgIpc) is 3.46. The van der Waals surface area contributed by atoms with Crippen LogP contribution in [0.15, 0.2) is 53.2 Å². The molecule has 0 bridgehead atoms. The zero-order chi connectivity index (χ0) is 20.1. The number of ether oxygens (including phenoxy) is 1. The molecule has 1 aliphatic rings. The zero-order valence-electron chi connectivity index (χ0n) is 15.9. The number of amides is 1. The first-order valence-electron chi connectivity index (χ1n) is 9.71. The van der Waals surface area contributed by atoms with Crippen LogP contribution < -0.4 is 10.1 Å². The van der Waals surface area contributed by atoms with Gasteiger partial charge in [0, 0.05) is 37.2 Å². The minimum absolute atomic E-state index is 0.0726. The van der Waals surface area contributed by atoms with E-state index in [1.165, 1.54) is 12.8 Å². The molecule has 2 aromatic heterocycles. The lowest BCUT2D eigenvalue weighted by molar-refractivity contribution is -0.121. The molecule has 0 atom stereocenters. The average molecular weight is 412 g/mol. The summed E-state index contributed by atoms with van der Waals surface area (Å²) in [5.74, 6) is 2.36. The third-order valence-electron chi connectivity index (χ3n) is 4.71. The maximum Gasteiger partial charge on any atom is 0.220 e. The first-order valence-corrected chi connectivity index (χ1v) is 10.1. The number of halogens is 1. The second-order valence-electron chi connectivity index (χ2n) is 7.13. The van der Waals surface area contributed by atoms with Crippen LogP contribution >= 0.6 is 11.6 Å². The van der Waals surface area contributed by atoms with Crippen LogP contribution in [0.25, 0.3) is 11.3 Å². The van der Waals surface area contributed by atoms with E-state index in [-0.39, 0.29) is 5.91 Å². The number of rotatable bonds is 9. The molecule has 0 unspecified atom stereocenters. The number of benzene rings is 1.